The molecule has 0 aliphatic carbocycles. The summed E-state index contributed by atoms with van der Waals surface area (Å²) < 4.78 is 5.24. The van der Waals surface area contributed by atoms with Gasteiger partial charge in [-0.3, -0.25) is 4.79 Å². The molecule has 19 heavy (non-hydrogen) atoms. The first-order valence-electron chi connectivity index (χ1n) is 6.87. The Hall–Kier alpha value is -1.30. The average Bonchev–Trinajstić information content (AvgIpc) is 2.97. The van der Waals surface area contributed by atoms with Crippen LogP contribution in [0.2, 0.25) is 0 Å². The molecule has 3 unspecified atom stereocenters. The van der Waals surface area contributed by atoms with Crippen molar-refractivity contribution in [3.63, 3.8) is 0 Å². The Morgan fingerprint density at radius 3 is 2.89 bits per heavy atom. The van der Waals surface area contributed by atoms with E-state index in [9.17, 15) is 14.7 Å². The second-order valence-corrected chi connectivity index (χ2v) is 5.64. The van der Waals surface area contributed by atoms with Crippen LogP contribution in [0.1, 0.15) is 33.1 Å². The molecule has 2 fully saturated rings. The average molecular weight is 270 g/mol. The van der Waals surface area contributed by atoms with E-state index >= 15 is 0 Å². The standard InChI is InChI=1S/C13H22N2O4/c1-3-9-5-4-6-15(9)12(18)14-10-7-19-8-13(10,2)11(16)17/h9-10H,3-8H2,1-2H3,(H,14,18)(H,16,17). The van der Waals surface area contributed by atoms with Gasteiger partial charge in [-0.2, -0.15) is 0 Å². The molecule has 3 atom stereocenters. The van der Waals surface area contributed by atoms with Gasteiger partial charge in [-0.15, -0.1) is 0 Å². The van der Waals surface area contributed by atoms with Gasteiger partial charge in [0.1, 0.15) is 5.41 Å². The number of carbonyl (C=O) groups excluding carboxylic acids is 1. The van der Waals surface area contributed by atoms with Gasteiger partial charge in [0, 0.05) is 12.6 Å². The largest absolute Gasteiger partial charge is 0.481 e. The number of nitrogens with zero attached hydrogens (tertiary/aromatic N) is 1. The molecule has 0 spiro atoms. The van der Waals surface area contributed by atoms with E-state index in [1.165, 1.54) is 0 Å². The van der Waals surface area contributed by atoms with Crippen molar-refractivity contribution in [2.45, 2.75) is 45.2 Å². The molecule has 0 bridgehead atoms. The maximum Gasteiger partial charge on any atom is 0.317 e. The van der Waals surface area contributed by atoms with Gasteiger partial charge >= 0.3 is 12.0 Å². The Labute approximate surface area is 113 Å². The minimum atomic E-state index is -1.03. The van der Waals surface area contributed by atoms with Crippen molar-refractivity contribution in [3.05, 3.63) is 0 Å². The summed E-state index contributed by atoms with van der Waals surface area (Å²) >= 11 is 0. The van der Waals surface area contributed by atoms with Crippen molar-refractivity contribution >= 4 is 12.0 Å². The molecule has 0 aromatic rings. The lowest BCUT2D eigenvalue weighted by molar-refractivity contribution is -0.148. The number of amides is 2. The topological polar surface area (TPSA) is 78.9 Å². The zero-order valence-corrected chi connectivity index (χ0v) is 11.5. The fourth-order valence-electron chi connectivity index (χ4n) is 2.84. The molecule has 6 nitrogen and oxygen atoms in total. The highest BCUT2D eigenvalue weighted by Crippen LogP contribution is 2.29. The monoisotopic (exact) mass is 270 g/mol. The fraction of sp³-hybridized carbons (Fsp3) is 0.846. The highest BCUT2D eigenvalue weighted by molar-refractivity contribution is 5.79. The SMILES string of the molecule is CCC1CCCN1C(=O)NC1COCC1(C)C(=O)O. The zero-order chi connectivity index (χ0) is 14.0. The van der Waals surface area contributed by atoms with E-state index in [-0.39, 0.29) is 25.3 Å². The fourth-order valence-corrected chi connectivity index (χ4v) is 2.84. The van der Waals surface area contributed by atoms with Gasteiger partial charge < -0.3 is 20.1 Å². The minimum absolute atomic E-state index is 0.143. The number of carbonyl (C=O) groups is 2. The second-order valence-electron chi connectivity index (χ2n) is 5.64. The molecule has 2 saturated heterocycles. The Balaban J connectivity index is 2.00. The lowest BCUT2D eigenvalue weighted by Gasteiger charge is -2.30. The Morgan fingerprint density at radius 2 is 2.26 bits per heavy atom. The van der Waals surface area contributed by atoms with Crippen LogP contribution in [0.4, 0.5) is 4.79 Å². The molecule has 0 aromatic carbocycles. The van der Waals surface area contributed by atoms with Crippen molar-refractivity contribution in [3.8, 4) is 0 Å². The number of nitrogens with one attached hydrogen (secondary N) is 1. The van der Waals surface area contributed by atoms with Crippen LogP contribution in [0, 0.1) is 5.41 Å². The molecule has 2 amide bonds. The van der Waals surface area contributed by atoms with E-state index in [1.54, 1.807) is 6.92 Å². The summed E-state index contributed by atoms with van der Waals surface area (Å²) in [7, 11) is 0. The summed E-state index contributed by atoms with van der Waals surface area (Å²) in [6.45, 7) is 4.84. The molecule has 0 radical (unpaired) electrons. The zero-order valence-electron chi connectivity index (χ0n) is 11.5. The lowest BCUT2D eigenvalue weighted by Crippen LogP contribution is -2.54. The third-order valence-electron chi connectivity index (χ3n) is 4.35. The summed E-state index contributed by atoms with van der Waals surface area (Å²) in [5.74, 6) is -0.927. The van der Waals surface area contributed by atoms with Gasteiger partial charge in [-0.05, 0) is 26.2 Å². The first-order chi connectivity index (χ1) is 8.99. The van der Waals surface area contributed by atoms with E-state index < -0.39 is 17.4 Å². The molecule has 0 aromatic heterocycles. The predicted molar refractivity (Wildman–Crippen MR) is 68.9 cm³/mol. The number of aliphatic carboxylic acids is 1. The molecule has 6 heteroatoms. The molecule has 108 valence electrons. The van der Waals surface area contributed by atoms with Crippen LogP contribution >= 0.6 is 0 Å². The van der Waals surface area contributed by atoms with Crippen molar-refractivity contribution in [2.24, 2.45) is 5.41 Å². The second kappa shape index (κ2) is 5.36. The number of urea groups is 1. The molecule has 2 aliphatic rings. The number of rotatable bonds is 3. The molecule has 2 rings (SSSR count). The molecular formula is C13H22N2O4. The van der Waals surface area contributed by atoms with Gasteiger partial charge in [-0.1, -0.05) is 6.92 Å². The summed E-state index contributed by atoms with van der Waals surface area (Å²) in [6, 6.07) is -0.346. The van der Waals surface area contributed by atoms with Gasteiger partial charge in [0.05, 0.1) is 19.3 Å². The third kappa shape index (κ3) is 2.54. The third-order valence-corrected chi connectivity index (χ3v) is 4.35. The van der Waals surface area contributed by atoms with Crippen molar-refractivity contribution in [2.75, 3.05) is 19.8 Å². The van der Waals surface area contributed by atoms with E-state index in [4.69, 9.17) is 4.74 Å². The van der Waals surface area contributed by atoms with Crippen LogP contribution < -0.4 is 5.32 Å². The summed E-state index contributed by atoms with van der Waals surface area (Å²) in [6.07, 6.45) is 2.98. The van der Waals surface area contributed by atoms with Gasteiger partial charge in [0.15, 0.2) is 0 Å². The van der Waals surface area contributed by atoms with Crippen LogP contribution in [0.3, 0.4) is 0 Å². The van der Waals surface area contributed by atoms with Crippen LogP contribution in [-0.4, -0.2) is 53.8 Å². The number of carboxylic acid groups (broad SMARTS) is 1. The van der Waals surface area contributed by atoms with E-state index in [0.717, 1.165) is 25.8 Å². The normalized spacial score (nSPS) is 34.5. The summed E-state index contributed by atoms with van der Waals surface area (Å²) in [5, 5.41) is 12.1. The van der Waals surface area contributed by atoms with Crippen molar-refractivity contribution in [1.29, 1.82) is 0 Å². The van der Waals surface area contributed by atoms with Crippen LogP contribution in [0.15, 0.2) is 0 Å². The number of hydrogen-bond acceptors (Lipinski definition) is 3. The van der Waals surface area contributed by atoms with E-state index in [2.05, 4.69) is 12.2 Å². The van der Waals surface area contributed by atoms with Gasteiger partial charge in [-0.25, -0.2) is 4.79 Å². The van der Waals surface area contributed by atoms with Gasteiger partial charge in [0.2, 0.25) is 0 Å². The van der Waals surface area contributed by atoms with Crippen LogP contribution in [0.25, 0.3) is 0 Å². The number of hydrogen-bond donors (Lipinski definition) is 2. The quantitative estimate of drug-likeness (QED) is 0.803. The lowest BCUT2D eigenvalue weighted by atomic mass is 9.85. The molecular weight excluding hydrogens is 248 g/mol. The smallest absolute Gasteiger partial charge is 0.317 e. The first-order valence-corrected chi connectivity index (χ1v) is 6.87. The molecule has 2 N–H and O–H groups in total. The van der Waals surface area contributed by atoms with Gasteiger partial charge in [0.25, 0.3) is 0 Å². The number of likely N-dealkylation sites (tertiary alicyclic amines) is 1. The van der Waals surface area contributed by atoms with E-state index in [1.807, 2.05) is 4.90 Å². The van der Waals surface area contributed by atoms with E-state index in [0.29, 0.717) is 0 Å². The minimum Gasteiger partial charge on any atom is -0.481 e. The maximum atomic E-state index is 12.2. The predicted octanol–water partition coefficient (Wildman–Crippen LogP) is 1.06. The summed E-state index contributed by atoms with van der Waals surface area (Å²) in [5.41, 5.74) is -1.03. The van der Waals surface area contributed by atoms with Crippen molar-refractivity contribution in [1.82, 2.24) is 10.2 Å². The maximum absolute atomic E-state index is 12.2. The number of ether oxygens (including phenoxy) is 1. The first kappa shape index (κ1) is 14.1. The Morgan fingerprint density at radius 1 is 1.53 bits per heavy atom. The highest BCUT2D eigenvalue weighted by atomic mass is 16.5. The Kier molecular flexibility index (Phi) is 3.99. The van der Waals surface area contributed by atoms with Crippen LogP contribution in [0.5, 0.6) is 0 Å². The highest BCUT2D eigenvalue weighted by Gasteiger charge is 2.48. The summed E-state index contributed by atoms with van der Waals surface area (Å²) in [4.78, 5) is 25.4. The molecule has 2 aliphatic heterocycles. The molecule has 2 heterocycles. The van der Waals surface area contributed by atoms with Crippen molar-refractivity contribution < 1.29 is 19.4 Å². The Bertz CT molecular complexity index is 374. The molecule has 0 saturated carbocycles. The number of carboxylic acids is 1. The van der Waals surface area contributed by atoms with Crippen LogP contribution in [-0.2, 0) is 9.53 Å².